The summed E-state index contributed by atoms with van der Waals surface area (Å²) in [5, 5.41) is 5.87. The number of carbonyl (C=O) groups excluding carboxylic acids is 2. The molecule has 0 unspecified atom stereocenters. The molecule has 2 atom stereocenters. The molecule has 0 bridgehead atoms. The second-order valence-corrected chi connectivity index (χ2v) is 12.0. The second kappa shape index (κ2) is 14.1. The van der Waals surface area contributed by atoms with Gasteiger partial charge in [0.15, 0.2) is 23.1 Å². The minimum atomic E-state index is -1.37. The van der Waals surface area contributed by atoms with Crippen LogP contribution in [0.25, 0.3) is 10.9 Å². The van der Waals surface area contributed by atoms with Gasteiger partial charge in [0, 0.05) is 43.1 Å². The Morgan fingerprint density at radius 1 is 0.917 bits per heavy atom. The molecule has 4 aromatic rings. The molecule has 1 aliphatic heterocycles. The highest BCUT2D eigenvalue weighted by atomic mass is 19.1. The van der Waals surface area contributed by atoms with E-state index in [-0.39, 0.29) is 29.2 Å². The summed E-state index contributed by atoms with van der Waals surface area (Å²) in [6, 6.07) is 12.7. The first-order valence-electron chi connectivity index (χ1n) is 15.8. The van der Waals surface area contributed by atoms with Crippen LogP contribution in [0.1, 0.15) is 20.3 Å². The first-order valence-corrected chi connectivity index (χ1v) is 15.8. The number of aromatic nitrogens is 2. The van der Waals surface area contributed by atoms with Crippen LogP contribution in [-0.4, -0.2) is 73.2 Å². The van der Waals surface area contributed by atoms with Crippen molar-refractivity contribution in [2.45, 2.75) is 20.3 Å². The number of nitrogens with zero attached hydrogens (tertiary/aromatic N) is 3. The van der Waals surface area contributed by atoms with E-state index in [1.807, 2.05) is 0 Å². The number of anilines is 2. The van der Waals surface area contributed by atoms with E-state index in [1.54, 1.807) is 26.0 Å². The maximum atomic E-state index is 15.4. The summed E-state index contributed by atoms with van der Waals surface area (Å²) >= 11 is 0. The molecule has 1 saturated carbocycles. The summed E-state index contributed by atoms with van der Waals surface area (Å²) in [5.41, 5.74) is -0.338. The van der Waals surface area contributed by atoms with Gasteiger partial charge in [0.2, 0.25) is 17.7 Å². The number of carbonyl (C=O) groups is 2. The fourth-order valence-corrected chi connectivity index (χ4v) is 6.16. The highest BCUT2D eigenvalue weighted by Crippen LogP contribution is 2.59. The van der Waals surface area contributed by atoms with Gasteiger partial charge in [0.05, 0.1) is 37.8 Å². The predicted molar refractivity (Wildman–Crippen MR) is 174 cm³/mol. The van der Waals surface area contributed by atoms with Crippen LogP contribution in [0.15, 0.2) is 60.9 Å². The molecule has 2 heterocycles. The lowest BCUT2D eigenvalue weighted by atomic mass is 9.99. The SMILES string of the molecule is COc1cc2c(Oc3ccc(NC(=O)C4(C(=O)Nc5ccc(F)cc5)[C@H](C)[C@H]4C)cc3F)ncnc2cc1OCCCN1CCOCC1. The molecule has 48 heavy (non-hydrogen) atoms. The third kappa shape index (κ3) is 6.74. The molecule has 1 saturated heterocycles. The van der Waals surface area contributed by atoms with Crippen molar-refractivity contribution >= 4 is 34.1 Å². The van der Waals surface area contributed by atoms with Crippen molar-refractivity contribution in [3.8, 4) is 23.1 Å². The Morgan fingerprint density at radius 3 is 2.27 bits per heavy atom. The summed E-state index contributed by atoms with van der Waals surface area (Å²) in [6.45, 7) is 8.30. The summed E-state index contributed by atoms with van der Waals surface area (Å²) in [6.07, 6.45) is 2.14. The highest BCUT2D eigenvalue weighted by molar-refractivity contribution is 6.17. The number of hydrogen-bond donors (Lipinski definition) is 2. The van der Waals surface area contributed by atoms with Crippen LogP contribution in [-0.2, 0) is 14.3 Å². The van der Waals surface area contributed by atoms with Crippen molar-refractivity contribution < 1.29 is 37.3 Å². The van der Waals surface area contributed by atoms with E-state index in [9.17, 15) is 14.0 Å². The van der Waals surface area contributed by atoms with Crippen LogP contribution in [0.4, 0.5) is 20.2 Å². The number of hydrogen-bond acceptors (Lipinski definition) is 9. The van der Waals surface area contributed by atoms with Crippen LogP contribution in [0, 0.1) is 28.9 Å². The molecule has 6 rings (SSSR count). The molecule has 2 N–H and O–H groups in total. The van der Waals surface area contributed by atoms with Gasteiger partial charge in [0.1, 0.15) is 17.6 Å². The van der Waals surface area contributed by atoms with Crippen LogP contribution < -0.4 is 24.8 Å². The number of morpholine rings is 1. The predicted octanol–water partition coefficient (Wildman–Crippen LogP) is 5.66. The third-order valence-corrected chi connectivity index (χ3v) is 9.19. The number of rotatable bonds is 12. The van der Waals surface area contributed by atoms with Gasteiger partial charge in [0.25, 0.3) is 0 Å². The Balaban J connectivity index is 1.13. The molecule has 0 spiro atoms. The van der Waals surface area contributed by atoms with Crippen molar-refractivity contribution in [1.29, 1.82) is 0 Å². The Morgan fingerprint density at radius 2 is 1.60 bits per heavy atom. The molecule has 3 aromatic carbocycles. The van der Waals surface area contributed by atoms with Gasteiger partial charge in [-0.3, -0.25) is 14.5 Å². The van der Waals surface area contributed by atoms with Gasteiger partial charge in [-0.1, -0.05) is 13.8 Å². The van der Waals surface area contributed by atoms with Gasteiger partial charge in [-0.15, -0.1) is 0 Å². The van der Waals surface area contributed by atoms with Gasteiger partial charge < -0.3 is 29.6 Å². The molecule has 2 fully saturated rings. The van der Waals surface area contributed by atoms with Crippen LogP contribution >= 0.6 is 0 Å². The summed E-state index contributed by atoms with van der Waals surface area (Å²) in [4.78, 5) is 37.6. The van der Waals surface area contributed by atoms with Crippen LogP contribution in [0.2, 0.25) is 0 Å². The lowest BCUT2D eigenvalue weighted by Gasteiger charge is -2.26. The zero-order valence-corrected chi connectivity index (χ0v) is 26.9. The number of fused-ring (bicyclic) bond motifs is 1. The van der Waals surface area contributed by atoms with Gasteiger partial charge in [-0.25, -0.2) is 18.7 Å². The number of amides is 2. The van der Waals surface area contributed by atoms with Crippen molar-refractivity contribution in [2.24, 2.45) is 17.3 Å². The topological polar surface area (TPSA) is 124 Å². The van der Waals surface area contributed by atoms with Crippen molar-refractivity contribution in [3.05, 3.63) is 72.6 Å². The minimum absolute atomic E-state index is 0.102. The first kappa shape index (κ1) is 33.0. The molecule has 2 aliphatic rings. The fourth-order valence-electron chi connectivity index (χ4n) is 6.16. The first-order chi connectivity index (χ1) is 23.2. The van der Waals surface area contributed by atoms with E-state index in [4.69, 9.17) is 18.9 Å². The maximum absolute atomic E-state index is 15.4. The van der Waals surface area contributed by atoms with E-state index in [2.05, 4.69) is 25.5 Å². The summed E-state index contributed by atoms with van der Waals surface area (Å²) < 4.78 is 51.5. The molecule has 1 aromatic heterocycles. The van der Waals surface area contributed by atoms with E-state index in [1.165, 1.54) is 49.8 Å². The lowest BCUT2D eigenvalue weighted by molar-refractivity contribution is -0.132. The normalized spacial score (nSPS) is 20.6. The molecular formula is C35H37F2N5O6. The molecular weight excluding hydrogens is 624 g/mol. The van der Waals surface area contributed by atoms with Crippen LogP contribution in [0.5, 0.6) is 23.1 Å². The highest BCUT2D eigenvalue weighted by Gasteiger charge is 2.69. The monoisotopic (exact) mass is 661 g/mol. The molecule has 0 radical (unpaired) electrons. The van der Waals surface area contributed by atoms with Crippen LogP contribution in [0.3, 0.4) is 0 Å². The van der Waals surface area contributed by atoms with Crippen molar-refractivity contribution in [3.63, 3.8) is 0 Å². The van der Waals surface area contributed by atoms with Crippen molar-refractivity contribution in [1.82, 2.24) is 14.9 Å². The van der Waals surface area contributed by atoms with E-state index >= 15 is 4.39 Å². The molecule has 11 nitrogen and oxygen atoms in total. The Hall–Kier alpha value is -4.88. The van der Waals surface area contributed by atoms with Gasteiger partial charge in [-0.2, -0.15) is 0 Å². The molecule has 1 aliphatic carbocycles. The smallest absolute Gasteiger partial charge is 0.240 e. The average molecular weight is 662 g/mol. The Bertz CT molecular complexity index is 1790. The molecule has 252 valence electrons. The lowest BCUT2D eigenvalue weighted by Crippen LogP contribution is -2.38. The quantitative estimate of drug-likeness (QED) is 0.146. The zero-order chi connectivity index (χ0) is 33.8. The third-order valence-electron chi connectivity index (χ3n) is 9.19. The number of halogens is 2. The second-order valence-electron chi connectivity index (χ2n) is 12.0. The molecule has 13 heteroatoms. The maximum Gasteiger partial charge on any atom is 0.240 e. The fraction of sp³-hybridized carbons (Fsp3) is 0.371. The van der Waals surface area contributed by atoms with E-state index in [0.717, 1.165) is 45.3 Å². The summed E-state index contributed by atoms with van der Waals surface area (Å²) in [7, 11) is 1.53. The standard InChI is InChI=1S/C35H37F2N5O6/c1-21-22(2)35(21,33(43)40-24-7-5-23(36)6-8-24)34(44)41-25-9-10-29(27(37)17-25)48-32-26-18-30(45-3)31(19-28(26)38-20-39-32)47-14-4-11-42-12-15-46-16-13-42/h5-10,17-22H,4,11-16H2,1-3H3,(H,40,43)(H,41,44)/t21-,22-/m1/s1. The van der Waals surface area contributed by atoms with Gasteiger partial charge >= 0.3 is 0 Å². The Labute approximate surface area is 276 Å². The number of nitrogens with one attached hydrogen (secondary N) is 2. The average Bonchev–Trinajstić information content (AvgIpc) is 3.65. The van der Waals surface area contributed by atoms with Crippen molar-refractivity contribution in [2.75, 3.05) is 57.2 Å². The number of benzene rings is 3. The Kier molecular flexibility index (Phi) is 9.69. The number of ether oxygens (including phenoxy) is 4. The molecule has 2 amide bonds. The van der Waals surface area contributed by atoms with E-state index in [0.29, 0.717) is 34.7 Å². The summed E-state index contributed by atoms with van der Waals surface area (Å²) in [5.74, 6) is -1.88. The minimum Gasteiger partial charge on any atom is -0.493 e. The zero-order valence-electron chi connectivity index (χ0n) is 26.9. The number of methoxy groups -OCH3 is 1. The van der Waals surface area contributed by atoms with E-state index < -0.39 is 28.9 Å². The van der Waals surface area contributed by atoms with Gasteiger partial charge in [-0.05, 0) is 60.7 Å². The largest absolute Gasteiger partial charge is 0.493 e.